The molecule has 0 spiro atoms. The molecule has 1 aromatic carbocycles. The third-order valence-corrected chi connectivity index (χ3v) is 3.22. The van der Waals surface area contributed by atoms with E-state index in [-0.39, 0.29) is 18.4 Å². The molecule has 0 aliphatic heterocycles. The van der Waals surface area contributed by atoms with Gasteiger partial charge in [0.2, 0.25) is 0 Å². The summed E-state index contributed by atoms with van der Waals surface area (Å²) in [5, 5.41) is 8.41. The molecule has 0 aliphatic carbocycles. The summed E-state index contributed by atoms with van der Waals surface area (Å²) in [5.41, 5.74) is -0.155. The van der Waals surface area contributed by atoms with Crippen LogP contribution in [0.25, 0.3) is 0 Å². The molecular weight excluding hydrogens is 254 g/mol. The van der Waals surface area contributed by atoms with Gasteiger partial charge in [0, 0.05) is 12.7 Å². The Hall–Kier alpha value is -1.50. The van der Waals surface area contributed by atoms with Crippen molar-refractivity contribution in [2.24, 2.45) is 0 Å². The van der Waals surface area contributed by atoms with Crippen LogP contribution < -0.4 is 0 Å². The standard InChI is InChI=1S/C10H10F2O4S/c1-17(15,16)9-5-7(11)6(4-8(9)12)2-3-10(13)14/h4-5H,2-3H2,1H3,(H,13,14). The minimum absolute atomic E-state index is 0.155. The molecule has 0 amide bonds. The molecule has 0 fully saturated rings. The Labute approximate surface area is 96.8 Å². The molecule has 7 heteroatoms. The monoisotopic (exact) mass is 264 g/mol. The summed E-state index contributed by atoms with van der Waals surface area (Å²) in [6.45, 7) is 0. The predicted octanol–water partition coefficient (Wildman–Crippen LogP) is 1.39. The van der Waals surface area contributed by atoms with Crippen LogP contribution in [-0.2, 0) is 21.1 Å². The molecule has 0 saturated heterocycles. The van der Waals surface area contributed by atoms with Gasteiger partial charge in [0.05, 0.1) is 0 Å². The number of sulfone groups is 1. The number of aryl methyl sites for hydroxylation is 1. The van der Waals surface area contributed by atoms with Gasteiger partial charge >= 0.3 is 5.97 Å². The topological polar surface area (TPSA) is 71.4 Å². The van der Waals surface area contributed by atoms with Crippen LogP contribution in [0.3, 0.4) is 0 Å². The van der Waals surface area contributed by atoms with Crippen molar-refractivity contribution < 1.29 is 27.1 Å². The number of carboxylic acid groups (broad SMARTS) is 1. The zero-order chi connectivity index (χ0) is 13.2. The highest BCUT2D eigenvalue weighted by Crippen LogP contribution is 2.20. The molecule has 0 bridgehead atoms. The Balaban J connectivity index is 3.14. The van der Waals surface area contributed by atoms with E-state index in [1.165, 1.54) is 0 Å². The van der Waals surface area contributed by atoms with E-state index >= 15 is 0 Å². The molecule has 0 unspecified atom stereocenters. The van der Waals surface area contributed by atoms with Crippen molar-refractivity contribution >= 4 is 15.8 Å². The van der Waals surface area contributed by atoms with Gasteiger partial charge in [-0.3, -0.25) is 4.79 Å². The Morgan fingerprint density at radius 3 is 2.35 bits per heavy atom. The highest BCUT2D eigenvalue weighted by atomic mass is 32.2. The fraction of sp³-hybridized carbons (Fsp3) is 0.300. The van der Waals surface area contributed by atoms with Crippen molar-refractivity contribution in [2.75, 3.05) is 6.26 Å². The second-order valence-corrected chi connectivity index (χ2v) is 5.52. The lowest BCUT2D eigenvalue weighted by molar-refractivity contribution is -0.136. The molecule has 94 valence electrons. The molecule has 0 atom stereocenters. The largest absolute Gasteiger partial charge is 0.481 e. The number of hydrogen-bond acceptors (Lipinski definition) is 3. The molecule has 1 N–H and O–H groups in total. The minimum atomic E-state index is -3.84. The smallest absolute Gasteiger partial charge is 0.303 e. The van der Waals surface area contributed by atoms with Crippen molar-refractivity contribution in [3.05, 3.63) is 29.3 Å². The summed E-state index contributed by atoms with van der Waals surface area (Å²) < 4.78 is 48.9. The van der Waals surface area contributed by atoms with Crippen LogP contribution in [0.1, 0.15) is 12.0 Å². The molecule has 0 heterocycles. The first kappa shape index (κ1) is 13.6. The predicted molar refractivity (Wildman–Crippen MR) is 55.4 cm³/mol. The van der Waals surface area contributed by atoms with Crippen LogP contribution in [-0.4, -0.2) is 25.7 Å². The van der Waals surface area contributed by atoms with Gasteiger partial charge in [0.15, 0.2) is 9.84 Å². The van der Waals surface area contributed by atoms with E-state index in [9.17, 15) is 22.0 Å². The third kappa shape index (κ3) is 3.48. The quantitative estimate of drug-likeness (QED) is 0.892. The lowest BCUT2D eigenvalue weighted by atomic mass is 10.1. The molecule has 1 aromatic rings. The lowest BCUT2D eigenvalue weighted by Crippen LogP contribution is -2.05. The van der Waals surface area contributed by atoms with Crippen molar-refractivity contribution in [1.29, 1.82) is 0 Å². The average molecular weight is 264 g/mol. The fourth-order valence-corrected chi connectivity index (χ4v) is 2.02. The van der Waals surface area contributed by atoms with Gasteiger partial charge in [-0.2, -0.15) is 0 Å². The molecule has 0 saturated carbocycles. The molecule has 1 rings (SSSR count). The zero-order valence-electron chi connectivity index (χ0n) is 8.91. The molecule has 0 aliphatic rings. The van der Waals surface area contributed by atoms with Gasteiger partial charge in [-0.05, 0) is 24.1 Å². The first-order chi connectivity index (χ1) is 7.71. The van der Waals surface area contributed by atoms with E-state index in [0.717, 1.165) is 6.26 Å². The molecule has 0 radical (unpaired) electrons. The Bertz CT molecular complexity index is 552. The van der Waals surface area contributed by atoms with Gasteiger partial charge in [-0.25, -0.2) is 17.2 Å². The first-order valence-corrected chi connectivity index (χ1v) is 6.50. The van der Waals surface area contributed by atoms with Crippen molar-refractivity contribution in [1.82, 2.24) is 0 Å². The van der Waals surface area contributed by atoms with Crippen LogP contribution in [0.5, 0.6) is 0 Å². The van der Waals surface area contributed by atoms with E-state index in [1.54, 1.807) is 0 Å². The number of aliphatic carboxylic acids is 1. The summed E-state index contributed by atoms with van der Waals surface area (Å²) in [7, 11) is -3.84. The van der Waals surface area contributed by atoms with Crippen molar-refractivity contribution in [3.8, 4) is 0 Å². The molecule has 0 aromatic heterocycles. The number of benzene rings is 1. The lowest BCUT2D eigenvalue weighted by Gasteiger charge is -2.05. The van der Waals surface area contributed by atoms with Gasteiger partial charge in [-0.15, -0.1) is 0 Å². The van der Waals surface area contributed by atoms with E-state index in [4.69, 9.17) is 5.11 Å². The summed E-state index contributed by atoms with van der Waals surface area (Å²) >= 11 is 0. The average Bonchev–Trinajstić information content (AvgIpc) is 2.17. The number of halogens is 2. The molecule has 17 heavy (non-hydrogen) atoms. The summed E-state index contributed by atoms with van der Waals surface area (Å²) in [6.07, 6.45) is 0.221. The second kappa shape index (κ2) is 4.79. The Kier molecular flexibility index (Phi) is 3.82. The highest BCUT2D eigenvalue weighted by Gasteiger charge is 2.17. The maximum absolute atomic E-state index is 13.4. The van der Waals surface area contributed by atoms with Crippen molar-refractivity contribution in [3.63, 3.8) is 0 Å². The SMILES string of the molecule is CS(=O)(=O)c1cc(F)c(CCC(=O)O)cc1F. The van der Waals surface area contributed by atoms with Gasteiger partial charge < -0.3 is 5.11 Å². The van der Waals surface area contributed by atoms with Gasteiger partial charge in [-0.1, -0.05) is 0 Å². The number of hydrogen-bond donors (Lipinski definition) is 1. The van der Waals surface area contributed by atoms with Crippen LogP contribution in [0, 0.1) is 11.6 Å². The zero-order valence-corrected chi connectivity index (χ0v) is 9.72. The number of carboxylic acids is 1. The normalized spacial score (nSPS) is 11.5. The minimum Gasteiger partial charge on any atom is -0.481 e. The van der Waals surface area contributed by atoms with E-state index in [2.05, 4.69) is 0 Å². The van der Waals surface area contributed by atoms with Crippen LogP contribution in [0.2, 0.25) is 0 Å². The van der Waals surface area contributed by atoms with E-state index in [1.807, 2.05) is 0 Å². The van der Waals surface area contributed by atoms with Crippen LogP contribution >= 0.6 is 0 Å². The summed E-state index contributed by atoms with van der Waals surface area (Å²) in [5.74, 6) is -3.14. The first-order valence-electron chi connectivity index (χ1n) is 4.61. The van der Waals surface area contributed by atoms with Crippen molar-refractivity contribution in [2.45, 2.75) is 17.7 Å². The summed E-state index contributed by atoms with van der Waals surface area (Å²) in [4.78, 5) is 9.56. The Morgan fingerprint density at radius 2 is 1.88 bits per heavy atom. The second-order valence-electron chi connectivity index (χ2n) is 3.54. The fourth-order valence-electron chi connectivity index (χ4n) is 1.29. The van der Waals surface area contributed by atoms with Gasteiger partial charge in [0.1, 0.15) is 16.5 Å². The van der Waals surface area contributed by atoms with E-state index < -0.39 is 32.3 Å². The highest BCUT2D eigenvalue weighted by molar-refractivity contribution is 7.90. The van der Waals surface area contributed by atoms with Gasteiger partial charge in [0.25, 0.3) is 0 Å². The molecule has 4 nitrogen and oxygen atoms in total. The maximum atomic E-state index is 13.4. The summed E-state index contributed by atoms with van der Waals surface area (Å²) in [6, 6.07) is 1.29. The third-order valence-electron chi connectivity index (χ3n) is 2.11. The van der Waals surface area contributed by atoms with Crippen LogP contribution in [0.15, 0.2) is 17.0 Å². The Morgan fingerprint density at radius 1 is 1.29 bits per heavy atom. The number of carbonyl (C=O) groups is 1. The maximum Gasteiger partial charge on any atom is 0.303 e. The molecular formula is C10H10F2O4S. The number of rotatable bonds is 4. The van der Waals surface area contributed by atoms with E-state index in [0.29, 0.717) is 12.1 Å². The van der Waals surface area contributed by atoms with Crippen LogP contribution in [0.4, 0.5) is 8.78 Å².